The van der Waals surface area contributed by atoms with Crippen LogP contribution in [0.5, 0.6) is 0 Å². The van der Waals surface area contributed by atoms with Crippen LogP contribution in [0.3, 0.4) is 0 Å². The Balaban J connectivity index is -0.0000000267. The molecule has 0 amide bonds. The van der Waals surface area contributed by atoms with E-state index in [9.17, 15) is 0 Å². The summed E-state index contributed by atoms with van der Waals surface area (Å²) in [6.07, 6.45) is 0. The zero-order valence-corrected chi connectivity index (χ0v) is 9.74. The van der Waals surface area contributed by atoms with Crippen molar-refractivity contribution in [3.05, 3.63) is 0 Å². The maximum atomic E-state index is 8.52. The van der Waals surface area contributed by atoms with Gasteiger partial charge in [-0.3, -0.25) is 8.42 Å². The molecule has 0 aromatic heterocycles. The van der Waals surface area contributed by atoms with E-state index in [1.165, 1.54) is 0 Å². The number of quaternary nitrogens is 1. The molecule has 0 saturated carbocycles. The second-order valence-corrected chi connectivity index (χ2v) is 1.22. The molecule has 0 aliphatic carbocycles. The van der Waals surface area contributed by atoms with E-state index in [-0.39, 0.29) is 45.9 Å². The van der Waals surface area contributed by atoms with Crippen molar-refractivity contribution in [3.63, 3.8) is 0 Å². The molecule has 0 aliphatic rings. The van der Waals surface area contributed by atoms with E-state index >= 15 is 0 Å². The van der Waals surface area contributed by atoms with Crippen LogP contribution >= 0.6 is 0 Å². The summed E-state index contributed by atoms with van der Waals surface area (Å²) in [4.78, 5) is 0. The van der Waals surface area contributed by atoms with Crippen LogP contribution in [0, 0.1) is 0 Å². The topological polar surface area (TPSA) is 117 Å². The van der Waals surface area contributed by atoms with E-state index in [0.717, 1.165) is 0 Å². The average molecular weight is 262 g/mol. The summed E-state index contributed by atoms with van der Waals surface area (Å²) in [6, 6.07) is 0. The van der Waals surface area contributed by atoms with Crippen LogP contribution in [0.2, 0.25) is 0 Å². The summed E-state index contributed by atoms with van der Waals surface area (Å²) in [5, 5.41) is 0. The Labute approximate surface area is 73.6 Å². The SMILES string of the molecule is O=S(=O)([O-])[O-].[Cd+2].[Cl-].[NH4+]. The molecule has 0 unspecified atom stereocenters. The van der Waals surface area contributed by atoms with E-state index in [0.29, 0.717) is 0 Å². The molecule has 8 heteroatoms. The van der Waals surface area contributed by atoms with Crippen molar-refractivity contribution in [2.45, 2.75) is 0 Å². The number of halogens is 1. The third-order valence-corrected chi connectivity index (χ3v) is 0. The molecule has 0 atom stereocenters. The Morgan fingerprint density at radius 3 is 1.12 bits per heavy atom. The van der Waals surface area contributed by atoms with Crippen LogP contribution in [0.25, 0.3) is 0 Å². The average Bonchev–Trinajstić information content (AvgIpc) is 0.722. The van der Waals surface area contributed by atoms with E-state index in [1.54, 1.807) is 0 Å². The van der Waals surface area contributed by atoms with Crippen molar-refractivity contribution in [2.75, 3.05) is 0 Å². The minimum Gasteiger partial charge on any atom is -1.00 e. The fourth-order valence-corrected chi connectivity index (χ4v) is 0. The molecular formula is H4CdClNO4S. The Morgan fingerprint density at radius 2 is 1.12 bits per heavy atom. The third-order valence-electron chi connectivity index (χ3n) is 0. The molecule has 0 radical (unpaired) electrons. The van der Waals surface area contributed by atoms with E-state index in [4.69, 9.17) is 17.5 Å². The minimum absolute atomic E-state index is 0. The monoisotopic (exact) mass is 263 g/mol. The van der Waals surface area contributed by atoms with Crippen molar-refractivity contribution in [1.29, 1.82) is 0 Å². The zero-order chi connectivity index (χ0) is 4.50. The van der Waals surface area contributed by atoms with Crippen molar-refractivity contribution < 1.29 is 57.2 Å². The van der Waals surface area contributed by atoms with Crippen molar-refractivity contribution in [1.82, 2.24) is 6.15 Å². The first kappa shape index (κ1) is 23.0. The summed E-state index contributed by atoms with van der Waals surface area (Å²) in [5.74, 6) is 0. The first-order valence-corrected chi connectivity index (χ1v) is 2.00. The van der Waals surface area contributed by atoms with Crippen molar-refractivity contribution in [2.24, 2.45) is 0 Å². The van der Waals surface area contributed by atoms with Crippen LogP contribution in [-0.4, -0.2) is 17.5 Å². The molecule has 0 fully saturated rings. The first-order valence-electron chi connectivity index (χ1n) is 0.667. The summed E-state index contributed by atoms with van der Waals surface area (Å²) < 4.78 is 34.1. The van der Waals surface area contributed by atoms with E-state index < -0.39 is 10.4 Å². The molecule has 4 N–H and O–H groups in total. The van der Waals surface area contributed by atoms with Crippen molar-refractivity contribution in [3.8, 4) is 0 Å². The van der Waals surface area contributed by atoms with Gasteiger partial charge in [-0.2, -0.15) is 0 Å². The number of rotatable bonds is 0. The zero-order valence-electron chi connectivity index (χ0n) is 4.13. The normalized spacial score (nSPS) is 7.25. The second kappa shape index (κ2) is 8.04. The molecule has 0 saturated heterocycles. The molecule has 48 valence electrons. The van der Waals surface area contributed by atoms with Gasteiger partial charge in [-0.15, -0.1) is 0 Å². The Morgan fingerprint density at radius 1 is 1.12 bits per heavy atom. The van der Waals surface area contributed by atoms with Gasteiger partial charge in [-0.1, -0.05) is 0 Å². The molecule has 0 spiro atoms. The molecule has 8 heavy (non-hydrogen) atoms. The molecule has 0 aromatic carbocycles. The standard InChI is InChI=1S/Cd.ClH.H3N.H2O4S/c;;;1-5(2,3)4/h;1H;1H3;(H2,1,2,3,4)/q+2;;;/p-2. The minimum atomic E-state index is -5.17. The van der Waals surface area contributed by atoms with E-state index in [1.807, 2.05) is 0 Å². The quantitative estimate of drug-likeness (QED) is 0.272. The first-order chi connectivity index (χ1) is 2.00. The van der Waals surface area contributed by atoms with Gasteiger partial charge in [-0.25, -0.2) is 0 Å². The maximum Gasteiger partial charge on any atom is 2.00 e. The van der Waals surface area contributed by atoms with Crippen LogP contribution < -0.4 is 18.6 Å². The molecular weight excluding hydrogens is 258 g/mol. The summed E-state index contributed by atoms with van der Waals surface area (Å²) in [7, 11) is -5.17. The second-order valence-electron chi connectivity index (χ2n) is 0.408. The van der Waals surface area contributed by atoms with Crippen LogP contribution in [-0.2, 0) is 37.7 Å². The molecule has 0 rings (SSSR count). The van der Waals surface area contributed by atoms with Crippen molar-refractivity contribution >= 4 is 10.4 Å². The number of hydrogen-bond donors (Lipinski definition) is 1. The van der Waals surface area contributed by atoms with E-state index in [2.05, 4.69) is 0 Å². The molecule has 5 nitrogen and oxygen atoms in total. The number of hydrogen-bond acceptors (Lipinski definition) is 4. The van der Waals surface area contributed by atoms with Gasteiger partial charge < -0.3 is 27.7 Å². The van der Waals surface area contributed by atoms with Gasteiger partial charge in [0.15, 0.2) is 0 Å². The Hall–Kier alpha value is 1.04. The van der Waals surface area contributed by atoms with Gasteiger partial charge in [0.2, 0.25) is 0 Å². The third kappa shape index (κ3) is 237. The predicted molar refractivity (Wildman–Crippen MR) is 16.5 cm³/mol. The summed E-state index contributed by atoms with van der Waals surface area (Å²) in [5.41, 5.74) is 0. The van der Waals surface area contributed by atoms with Gasteiger partial charge in [-0.05, 0) is 0 Å². The van der Waals surface area contributed by atoms with Gasteiger partial charge in [0.1, 0.15) is 0 Å². The van der Waals surface area contributed by atoms with Gasteiger partial charge in [0.25, 0.3) is 0 Å². The van der Waals surface area contributed by atoms with Crippen LogP contribution in [0.4, 0.5) is 0 Å². The smallest absolute Gasteiger partial charge is 1.00 e. The Bertz CT molecular complexity index is 99.2. The Kier molecular flexibility index (Phi) is 23.1. The molecule has 0 aromatic rings. The van der Waals surface area contributed by atoms with Crippen LogP contribution in [0.1, 0.15) is 0 Å². The van der Waals surface area contributed by atoms with Gasteiger partial charge in [0, 0.05) is 10.4 Å². The maximum absolute atomic E-state index is 8.52. The van der Waals surface area contributed by atoms with Crippen LogP contribution in [0.15, 0.2) is 0 Å². The summed E-state index contributed by atoms with van der Waals surface area (Å²) >= 11 is 0. The largest absolute Gasteiger partial charge is 2.00 e. The summed E-state index contributed by atoms with van der Waals surface area (Å²) in [6.45, 7) is 0. The molecule has 0 aliphatic heterocycles. The van der Waals surface area contributed by atoms with Gasteiger partial charge >= 0.3 is 27.3 Å². The molecule has 0 heterocycles. The molecule has 0 bridgehead atoms. The predicted octanol–water partition coefficient (Wildman–Crippen LogP) is -3.96. The fourth-order valence-electron chi connectivity index (χ4n) is 0. The van der Waals surface area contributed by atoms with Gasteiger partial charge in [0.05, 0.1) is 0 Å². The fraction of sp³-hybridized carbons (Fsp3) is 0.